The number of hydrogen-bond donors (Lipinski definition) is 0. The van der Waals surface area contributed by atoms with Crippen LogP contribution in [0.25, 0.3) is 0 Å². The van der Waals surface area contributed by atoms with Crippen LogP contribution in [0.1, 0.15) is 36.4 Å². The lowest BCUT2D eigenvalue weighted by Crippen LogP contribution is -2.31. The molecule has 0 saturated carbocycles. The highest BCUT2D eigenvalue weighted by atomic mass is 16.6. The molecule has 2 aromatic rings. The molecule has 126 valence electrons. The Morgan fingerprint density at radius 3 is 2.79 bits per heavy atom. The third-order valence-corrected chi connectivity index (χ3v) is 4.43. The number of nitro groups is 1. The Bertz CT molecular complexity index is 739. The minimum Gasteiger partial charge on any atom is -0.358 e. The molecule has 1 aliphatic heterocycles. The molecule has 7 nitrogen and oxygen atoms in total. The Morgan fingerprint density at radius 1 is 1.38 bits per heavy atom. The number of likely N-dealkylation sites (tertiary alicyclic amines) is 1. The Hall–Kier alpha value is -2.70. The number of benzene rings is 1. The summed E-state index contributed by atoms with van der Waals surface area (Å²) in [5.74, 6) is -0.115. The fourth-order valence-corrected chi connectivity index (χ4v) is 3.13. The summed E-state index contributed by atoms with van der Waals surface area (Å²) in [5, 5.41) is 10.6. The van der Waals surface area contributed by atoms with E-state index in [1.165, 1.54) is 23.7 Å². The molecular weight excluding hydrogens is 308 g/mol. The zero-order valence-electron chi connectivity index (χ0n) is 13.6. The van der Waals surface area contributed by atoms with E-state index in [0.717, 1.165) is 19.4 Å². The largest absolute Gasteiger partial charge is 0.381 e. The molecule has 1 atom stereocenters. The molecule has 1 aromatic heterocycles. The van der Waals surface area contributed by atoms with Crippen molar-refractivity contribution < 1.29 is 9.72 Å². The number of hydrogen-bond acceptors (Lipinski definition) is 4. The lowest BCUT2D eigenvalue weighted by molar-refractivity contribution is -0.389. The van der Waals surface area contributed by atoms with Gasteiger partial charge in [-0.2, -0.15) is 0 Å². The van der Waals surface area contributed by atoms with Crippen LogP contribution in [0.15, 0.2) is 36.8 Å². The van der Waals surface area contributed by atoms with Gasteiger partial charge in [-0.3, -0.25) is 4.79 Å². The molecule has 0 N–H and O–H groups in total. The SMILES string of the molecule is Cc1ccc([C@H]2CCCN2C(=O)CCn2cnc([N+](=O)[O-])c2)cc1. The monoisotopic (exact) mass is 328 g/mol. The maximum atomic E-state index is 12.6. The van der Waals surface area contributed by atoms with E-state index in [2.05, 4.69) is 29.2 Å². The van der Waals surface area contributed by atoms with E-state index < -0.39 is 4.92 Å². The van der Waals surface area contributed by atoms with Crippen molar-refractivity contribution >= 4 is 11.7 Å². The van der Waals surface area contributed by atoms with Gasteiger partial charge in [0.05, 0.1) is 6.04 Å². The topological polar surface area (TPSA) is 81.3 Å². The second-order valence-corrected chi connectivity index (χ2v) is 6.13. The molecule has 0 unspecified atom stereocenters. The average molecular weight is 328 g/mol. The van der Waals surface area contributed by atoms with Crippen molar-refractivity contribution in [1.29, 1.82) is 0 Å². The van der Waals surface area contributed by atoms with Gasteiger partial charge < -0.3 is 19.6 Å². The fourth-order valence-electron chi connectivity index (χ4n) is 3.13. The van der Waals surface area contributed by atoms with E-state index in [9.17, 15) is 14.9 Å². The molecule has 24 heavy (non-hydrogen) atoms. The summed E-state index contributed by atoms with van der Waals surface area (Å²) in [7, 11) is 0. The fraction of sp³-hybridized carbons (Fsp3) is 0.412. The Morgan fingerprint density at radius 2 is 2.12 bits per heavy atom. The average Bonchev–Trinajstić information content (AvgIpc) is 3.23. The number of nitrogens with zero attached hydrogens (tertiary/aromatic N) is 4. The molecule has 1 fully saturated rings. The van der Waals surface area contributed by atoms with Gasteiger partial charge in [0.25, 0.3) is 0 Å². The first-order valence-corrected chi connectivity index (χ1v) is 8.07. The van der Waals surface area contributed by atoms with Gasteiger partial charge in [-0.05, 0) is 35.2 Å². The van der Waals surface area contributed by atoms with Crippen LogP contribution in [0.3, 0.4) is 0 Å². The number of amides is 1. The number of aromatic nitrogens is 2. The summed E-state index contributed by atoms with van der Waals surface area (Å²) in [4.78, 5) is 28.3. The second-order valence-electron chi connectivity index (χ2n) is 6.13. The minimum absolute atomic E-state index is 0.0782. The zero-order chi connectivity index (χ0) is 17.1. The molecule has 0 radical (unpaired) electrons. The summed E-state index contributed by atoms with van der Waals surface area (Å²) < 4.78 is 1.59. The lowest BCUT2D eigenvalue weighted by Gasteiger charge is -2.25. The normalized spacial score (nSPS) is 17.2. The predicted octanol–water partition coefficient (Wildman–Crippen LogP) is 2.85. The Balaban J connectivity index is 1.62. The minimum atomic E-state index is -0.536. The van der Waals surface area contributed by atoms with Crippen LogP contribution in [-0.4, -0.2) is 31.8 Å². The molecule has 0 spiro atoms. The Labute approximate surface area is 140 Å². The summed E-state index contributed by atoms with van der Waals surface area (Å²) in [6.45, 7) is 3.21. The maximum absolute atomic E-state index is 12.6. The van der Waals surface area contributed by atoms with Crippen molar-refractivity contribution in [2.45, 2.75) is 38.8 Å². The third kappa shape index (κ3) is 3.45. The molecule has 1 saturated heterocycles. The highest BCUT2D eigenvalue weighted by Gasteiger charge is 2.29. The van der Waals surface area contributed by atoms with Crippen molar-refractivity contribution in [3.8, 4) is 0 Å². The van der Waals surface area contributed by atoms with Crippen molar-refractivity contribution in [1.82, 2.24) is 14.5 Å². The van der Waals surface area contributed by atoms with Crippen LogP contribution in [0.4, 0.5) is 5.82 Å². The third-order valence-electron chi connectivity index (χ3n) is 4.43. The van der Waals surface area contributed by atoms with Gasteiger partial charge in [-0.25, -0.2) is 0 Å². The predicted molar refractivity (Wildman–Crippen MR) is 88.4 cm³/mol. The number of imidazole rings is 1. The summed E-state index contributed by atoms with van der Waals surface area (Å²) in [5.41, 5.74) is 2.38. The summed E-state index contributed by atoms with van der Waals surface area (Å²) in [6, 6.07) is 8.45. The van der Waals surface area contributed by atoms with Gasteiger partial charge in [-0.15, -0.1) is 0 Å². The molecule has 0 aliphatic carbocycles. The first-order valence-electron chi connectivity index (χ1n) is 8.07. The molecule has 0 bridgehead atoms. The number of rotatable bonds is 5. The van der Waals surface area contributed by atoms with Gasteiger partial charge in [0.2, 0.25) is 12.2 Å². The molecule has 3 rings (SSSR count). The smallest absolute Gasteiger partial charge is 0.358 e. The number of carbonyl (C=O) groups is 1. The van der Waals surface area contributed by atoms with Crippen molar-refractivity contribution in [2.75, 3.05) is 6.54 Å². The summed E-state index contributed by atoms with van der Waals surface area (Å²) >= 11 is 0. The molecule has 1 amide bonds. The highest BCUT2D eigenvalue weighted by Crippen LogP contribution is 2.32. The number of carbonyl (C=O) groups excluding carboxylic acids is 1. The van der Waals surface area contributed by atoms with Gasteiger partial charge in [0.1, 0.15) is 6.20 Å². The highest BCUT2D eigenvalue weighted by molar-refractivity contribution is 5.77. The van der Waals surface area contributed by atoms with Crippen LogP contribution < -0.4 is 0 Å². The molecule has 1 aliphatic rings. The Kier molecular flexibility index (Phi) is 4.59. The first kappa shape index (κ1) is 16.2. The van der Waals surface area contributed by atoms with Crippen molar-refractivity contribution in [3.63, 3.8) is 0 Å². The van der Waals surface area contributed by atoms with Crippen LogP contribution in [0.2, 0.25) is 0 Å². The molecule has 1 aromatic carbocycles. The number of aryl methyl sites for hydroxylation is 2. The second kappa shape index (κ2) is 6.82. The molecular formula is C17H20N4O3. The van der Waals surface area contributed by atoms with Crippen LogP contribution in [0, 0.1) is 17.0 Å². The van der Waals surface area contributed by atoms with Gasteiger partial charge in [-0.1, -0.05) is 29.8 Å². The van der Waals surface area contributed by atoms with E-state index in [4.69, 9.17) is 0 Å². The van der Waals surface area contributed by atoms with Gasteiger partial charge >= 0.3 is 5.82 Å². The van der Waals surface area contributed by atoms with Crippen LogP contribution in [0.5, 0.6) is 0 Å². The summed E-state index contributed by atoms with van der Waals surface area (Å²) in [6.07, 6.45) is 5.05. The molecule has 2 heterocycles. The van der Waals surface area contributed by atoms with E-state index in [0.29, 0.717) is 13.0 Å². The van der Waals surface area contributed by atoms with Crippen molar-refractivity contribution in [3.05, 3.63) is 58.0 Å². The van der Waals surface area contributed by atoms with Gasteiger partial charge in [0.15, 0.2) is 0 Å². The maximum Gasteiger partial charge on any atom is 0.381 e. The first-order chi connectivity index (χ1) is 11.5. The molecule has 7 heteroatoms. The quantitative estimate of drug-likeness (QED) is 0.624. The van der Waals surface area contributed by atoms with Crippen LogP contribution in [-0.2, 0) is 11.3 Å². The van der Waals surface area contributed by atoms with E-state index in [1.807, 2.05) is 11.8 Å². The van der Waals surface area contributed by atoms with Crippen molar-refractivity contribution in [2.24, 2.45) is 0 Å². The van der Waals surface area contributed by atoms with Gasteiger partial charge in [0, 0.05) is 19.5 Å². The van der Waals surface area contributed by atoms with Crippen LogP contribution >= 0.6 is 0 Å². The lowest BCUT2D eigenvalue weighted by atomic mass is 10.0. The van der Waals surface area contributed by atoms with E-state index in [-0.39, 0.29) is 17.8 Å². The van der Waals surface area contributed by atoms with E-state index >= 15 is 0 Å². The standard InChI is InChI=1S/C17H20N4O3/c1-13-4-6-14(7-5-13)15-3-2-9-20(15)17(22)8-10-19-11-16(18-12-19)21(23)24/h4-7,11-12,15H,2-3,8-10H2,1H3/t15-/m1/s1. The van der Waals surface area contributed by atoms with E-state index in [1.54, 1.807) is 4.57 Å². The zero-order valence-corrected chi connectivity index (χ0v) is 13.6.